The fourth-order valence-corrected chi connectivity index (χ4v) is 4.96. The standard InChI is InChI=1S/C19H26N2O3S/c1-3-19(18(24)20-11-13-5-4-6-15(22)9-13)10-14-7-8-16(19)21(14)17(23)12-25-2/h4-6,9,14,16,22H,3,7-8,10-12H2,1-2H3,(H,20,24)/t14-,16+,19+/m0/s1. The Hall–Kier alpha value is -1.69. The summed E-state index contributed by atoms with van der Waals surface area (Å²) in [7, 11) is 0. The summed E-state index contributed by atoms with van der Waals surface area (Å²) in [5, 5.41) is 12.6. The number of rotatable bonds is 6. The number of carbonyl (C=O) groups is 2. The van der Waals surface area contributed by atoms with Crippen LogP contribution in [0.4, 0.5) is 0 Å². The van der Waals surface area contributed by atoms with Gasteiger partial charge in [-0.2, -0.15) is 11.8 Å². The quantitative estimate of drug-likeness (QED) is 0.816. The molecule has 0 aliphatic carbocycles. The van der Waals surface area contributed by atoms with Crippen molar-refractivity contribution in [3.8, 4) is 5.75 Å². The Balaban J connectivity index is 1.73. The Morgan fingerprint density at radius 1 is 1.40 bits per heavy atom. The molecule has 2 saturated heterocycles. The van der Waals surface area contributed by atoms with Gasteiger partial charge in [0.2, 0.25) is 11.8 Å². The van der Waals surface area contributed by atoms with Crippen LogP contribution in [0.1, 0.15) is 38.2 Å². The maximum absolute atomic E-state index is 13.1. The molecule has 6 heteroatoms. The molecule has 25 heavy (non-hydrogen) atoms. The van der Waals surface area contributed by atoms with E-state index in [1.807, 2.05) is 24.1 Å². The van der Waals surface area contributed by atoms with E-state index in [9.17, 15) is 14.7 Å². The van der Waals surface area contributed by atoms with Gasteiger partial charge in [0.25, 0.3) is 0 Å². The summed E-state index contributed by atoms with van der Waals surface area (Å²) in [5.41, 5.74) is 0.395. The monoisotopic (exact) mass is 362 g/mol. The van der Waals surface area contributed by atoms with Gasteiger partial charge in [-0.25, -0.2) is 0 Å². The topological polar surface area (TPSA) is 69.6 Å². The molecule has 2 aliphatic rings. The highest BCUT2D eigenvalue weighted by Gasteiger charge is 2.59. The van der Waals surface area contributed by atoms with Crippen molar-refractivity contribution in [3.63, 3.8) is 0 Å². The molecule has 2 bridgehead atoms. The highest BCUT2D eigenvalue weighted by molar-refractivity contribution is 7.99. The molecule has 0 saturated carbocycles. The number of thioether (sulfide) groups is 1. The van der Waals surface area contributed by atoms with E-state index in [0.717, 1.165) is 31.2 Å². The summed E-state index contributed by atoms with van der Waals surface area (Å²) in [6.07, 6.45) is 5.36. The number of aromatic hydroxyl groups is 1. The Morgan fingerprint density at radius 2 is 2.20 bits per heavy atom. The second-order valence-electron chi connectivity index (χ2n) is 7.05. The first kappa shape index (κ1) is 18.1. The Bertz CT molecular complexity index is 666. The van der Waals surface area contributed by atoms with E-state index in [-0.39, 0.29) is 29.6 Å². The SMILES string of the molecule is CC[C@@]1(C(=O)NCc2cccc(O)c2)C[C@@H]2CC[C@H]1N2C(=O)CSC. The Kier molecular flexibility index (Phi) is 5.27. The summed E-state index contributed by atoms with van der Waals surface area (Å²) < 4.78 is 0. The van der Waals surface area contributed by atoms with E-state index in [1.54, 1.807) is 18.2 Å². The lowest BCUT2D eigenvalue weighted by Gasteiger charge is -2.35. The number of benzene rings is 1. The van der Waals surface area contributed by atoms with Crippen molar-refractivity contribution in [2.24, 2.45) is 5.41 Å². The molecule has 2 amide bonds. The molecule has 5 nitrogen and oxygen atoms in total. The molecule has 0 unspecified atom stereocenters. The number of carbonyl (C=O) groups excluding carboxylic acids is 2. The minimum atomic E-state index is -0.478. The number of nitrogens with zero attached hydrogens (tertiary/aromatic N) is 1. The minimum Gasteiger partial charge on any atom is -0.508 e. The van der Waals surface area contributed by atoms with Gasteiger partial charge in [0.15, 0.2) is 0 Å². The fraction of sp³-hybridized carbons (Fsp3) is 0.579. The first-order chi connectivity index (χ1) is 12.0. The number of phenolic OH excluding ortho intramolecular Hbond substituents is 1. The van der Waals surface area contributed by atoms with Crippen molar-refractivity contribution in [3.05, 3.63) is 29.8 Å². The summed E-state index contributed by atoms with van der Waals surface area (Å²) in [4.78, 5) is 27.5. The van der Waals surface area contributed by atoms with Crippen LogP contribution >= 0.6 is 11.8 Å². The minimum absolute atomic E-state index is 0.0197. The van der Waals surface area contributed by atoms with E-state index in [1.165, 1.54) is 11.8 Å². The lowest BCUT2D eigenvalue weighted by molar-refractivity contribution is -0.135. The maximum Gasteiger partial charge on any atom is 0.233 e. The number of fused-ring (bicyclic) bond motifs is 2. The number of nitrogens with one attached hydrogen (secondary N) is 1. The number of hydrogen-bond donors (Lipinski definition) is 2. The maximum atomic E-state index is 13.1. The summed E-state index contributed by atoms with van der Waals surface area (Å²) in [5.74, 6) is 0.881. The first-order valence-corrected chi connectivity index (χ1v) is 10.3. The van der Waals surface area contributed by atoms with Crippen molar-refractivity contribution in [1.82, 2.24) is 10.2 Å². The average molecular weight is 362 g/mol. The van der Waals surface area contributed by atoms with Crippen LogP contribution in [-0.2, 0) is 16.1 Å². The molecule has 2 heterocycles. The lowest BCUT2D eigenvalue weighted by Crippen LogP contribution is -2.49. The third-order valence-corrected chi connectivity index (χ3v) is 6.28. The molecule has 2 aliphatic heterocycles. The summed E-state index contributed by atoms with van der Waals surface area (Å²) >= 11 is 1.54. The van der Waals surface area contributed by atoms with Gasteiger partial charge in [-0.1, -0.05) is 19.1 Å². The van der Waals surface area contributed by atoms with Crippen LogP contribution < -0.4 is 5.32 Å². The van der Waals surface area contributed by atoms with Crippen LogP contribution in [0.15, 0.2) is 24.3 Å². The van der Waals surface area contributed by atoms with Gasteiger partial charge in [0, 0.05) is 18.6 Å². The van der Waals surface area contributed by atoms with E-state index in [2.05, 4.69) is 5.32 Å². The van der Waals surface area contributed by atoms with Crippen LogP contribution in [0.2, 0.25) is 0 Å². The molecular formula is C19H26N2O3S. The summed E-state index contributed by atoms with van der Waals surface area (Å²) in [6.45, 7) is 2.44. The molecule has 2 N–H and O–H groups in total. The van der Waals surface area contributed by atoms with Gasteiger partial charge in [-0.15, -0.1) is 0 Å². The number of phenols is 1. The molecule has 3 rings (SSSR count). The average Bonchev–Trinajstić information content (AvgIpc) is 3.16. The van der Waals surface area contributed by atoms with Crippen LogP contribution in [0, 0.1) is 5.41 Å². The van der Waals surface area contributed by atoms with Crippen LogP contribution in [-0.4, -0.2) is 45.9 Å². The molecule has 2 fully saturated rings. The van der Waals surface area contributed by atoms with Gasteiger partial charge < -0.3 is 15.3 Å². The van der Waals surface area contributed by atoms with Gasteiger partial charge in [-0.3, -0.25) is 9.59 Å². The molecule has 136 valence electrons. The zero-order chi connectivity index (χ0) is 18.0. The Morgan fingerprint density at radius 3 is 2.88 bits per heavy atom. The van der Waals surface area contributed by atoms with Gasteiger partial charge >= 0.3 is 0 Å². The molecule has 1 aromatic rings. The van der Waals surface area contributed by atoms with E-state index >= 15 is 0 Å². The third kappa shape index (κ3) is 3.24. The van der Waals surface area contributed by atoms with Crippen molar-refractivity contribution < 1.29 is 14.7 Å². The number of amides is 2. The number of hydrogen-bond acceptors (Lipinski definition) is 4. The zero-order valence-electron chi connectivity index (χ0n) is 14.8. The van der Waals surface area contributed by atoms with Crippen LogP contribution in [0.3, 0.4) is 0 Å². The third-order valence-electron chi connectivity index (χ3n) is 5.74. The normalized spacial score (nSPS) is 27.5. The Labute approximate surface area is 153 Å². The fourth-order valence-electron chi connectivity index (χ4n) is 4.57. The summed E-state index contributed by atoms with van der Waals surface area (Å²) in [6, 6.07) is 7.15. The van der Waals surface area contributed by atoms with Crippen molar-refractivity contribution in [2.75, 3.05) is 12.0 Å². The molecule has 0 radical (unpaired) electrons. The highest BCUT2D eigenvalue weighted by Crippen LogP contribution is 2.52. The second kappa shape index (κ2) is 7.28. The molecule has 0 spiro atoms. The van der Waals surface area contributed by atoms with Gasteiger partial charge in [-0.05, 0) is 49.6 Å². The highest BCUT2D eigenvalue weighted by atomic mass is 32.2. The van der Waals surface area contributed by atoms with Crippen molar-refractivity contribution in [2.45, 2.75) is 51.2 Å². The van der Waals surface area contributed by atoms with E-state index in [4.69, 9.17) is 0 Å². The van der Waals surface area contributed by atoms with E-state index < -0.39 is 5.41 Å². The van der Waals surface area contributed by atoms with E-state index in [0.29, 0.717) is 12.3 Å². The lowest BCUT2D eigenvalue weighted by atomic mass is 9.71. The molecule has 1 aromatic carbocycles. The predicted molar refractivity (Wildman–Crippen MR) is 99.3 cm³/mol. The molecule has 0 aromatic heterocycles. The van der Waals surface area contributed by atoms with Crippen molar-refractivity contribution >= 4 is 23.6 Å². The van der Waals surface area contributed by atoms with Crippen LogP contribution in [0.5, 0.6) is 5.75 Å². The van der Waals surface area contributed by atoms with Crippen LogP contribution in [0.25, 0.3) is 0 Å². The van der Waals surface area contributed by atoms with Crippen molar-refractivity contribution in [1.29, 1.82) is 0 Å². The first-order valence-electron chi connectivity index (χ1n) is 8.88. The largest absolute Gasteiger partial charge is 0.508 e. The molecular weight excluding hydrogens is 336 g/mol. The van der Waals surface area contributed by atoms with Gasteiger partial charge in [0.1, 0.15) is 5.75 Å². The molecule has 3 atom stereocenters. The second-order valence-corrected chi connectivity index (χ2v) is 7.91. The smallest absolute Gasteiger partial charge is 0.233 e. The van der Waals surface area contributed by atoms with Gasteiger partial charge in [0.05, 0.1) is 11.2 Å². The predicted octanol–water partition coefficient (Wildman–Crippen LogP) is 2.53. The zero-order valence-corrected chi connectivity index (χ0v) is 15.6.